The minimum Gasteiger partial charge on any atom is -0.369 e. The van der Waals surface area contributed by atoms with Gasteiger partial charge in [0.25, 0.3) is 5.91 Å². The number of anilines is 1. The van der Waals surface area contributed by atoms with Crippen LogP contribution in [0.2, 0.25) is 0 Å². The van der Waals surface area contributed by atoms with Crippen LogP contribution in [0.3, 0.4) is 0 Å². The zero-order valence-electron chi connectivity index (χ0n) is 15.9. The lowest BCUT2D eigenvalue weighted by Gasteiger charge is -2.36. The Kier molecular flexibility index (Phi) is 5.05. The van der Waals surface area contributed by atoms with Crippen molar-refractivity contribution >= 4 is 17.5 Å². The van der Waals surface area contributed by atoms with Gasteiger partial charge in [0, 0.05) is 49.7 Å². The van der Waals surface area contributed by atoms with Gasteiger partial charge >= 0.3 is 0 Å². The Balaban J connectivity index is 1.86. The lowest BCUT2D eigenvalue weighted by Crippen LogP contribution is -2.56. The lowest BCUT2D eigenvalue weighted by molar-refractivity contribution is -0.130. The number of rotatable bonds is 5. The second kappa shape index (κ2) is 7.11. The fraction of sp³-hybridized carbons (Fsp3) is 0.500. The molecule has 2 N–H and O–H groups in total. The van der Waals surface area contributed by atoms with Crippen LogP contribution >= 0.6 is 0 Å². The van der Waals surface area contributed by atoms with Gasteiger partial charge in [0.1, 0.15) is 5.54 Å². The van der Waals surface area contributed by atoms with Gasteiger partial charge in [-0.2, -0.15) is 0 Å². The Labute approximate surface area is 155 Å². The number of nitrogens with zero attached hydrogens (tertiary/aromatic N) is 2. The fourth-order valence-electron chi connectivity index (χ4n) is 3.63. The van der Waals surface area contributed by atoms with Crippen LogP contribution in [-0.4, -0.2) is 48.4 Å². The van der Waals surface area contributed by atoms with E-state index in [2.05, 4.69) is 28.2 Å². The minimum atomic E-state index is -0.899. The van der Waals surface area contributed by atoms with Gasteiger partial charge in [0.2, 0.25) is 5.91 Å². The summed E-state index contributed by atoms with van der Waals surface area (Å²) in [7, 11) is 0. The summed E-state index contributed by atoms with van der Waals surface area (Å²) < 4.78 is 0. The summed E-state index contributed by atoms with van der Waals surface area (Å²) in [6.45, 7) is 13.6. The predicted molar refractivity (Wildman–Crippen MR) is 103 cm³/mol. The van der Waals surface area contributed by atoms with Crippen molar-refractivity contribution < 1.29 is 9.59 Å². The van der Waals surface area contributed by atoms with Gasteiger partial charge in [0.15, 0.2) is 0 Å². The molecule has 2 aliphatic rings. The lowest BCUT2D eigenvalue weighted by atomic mass is 9.95. The molecule has 1 atom stereocenters. The molecule has 6 nitrogen and oxygen atoms in total. The molecule has 140 valence electrons. The molecule has 3 rings (SSSR count). The number of nitrogens with one attached hydrogen (secondary N) is 2. The number of carbonyl (C=O) groups is 2. The molecule has 2 amide bonds. The third kappa shape index (κ3) is 3.21. The van der Waals surface area contributed by atoms with E-state index in [0.29, 0.717) is 24.2 Å². The van der Waals surface area contributed by atoms with Crippen LogP contribution in [0.5, 0.6) is 0 Å². The summed E-state index contributed by atoms with van der Waals surface area (Å²) in [6, 6.07) is 6.02. The SMILES string of the molecule is C=C(C)NC(=O)C(C)(CC)N1Cc2cc(N3CCNCC3)ccc2C1=O. The molecule has 1 aromatic rings. The molecule has 0 aromatic heterocycles. The maximum Gasteiger partial charge on any atom is 0.255 e. The maximum atomic E-state index is 13.0. The van der Waals surface area contributed by atoms with Crippen molar-refractivity contribution in [3.8, 4) is 0 Å². The van der Waals surface area contributed by atoms with Crippen molar-refractivity contribution in [2.24, 2.45) is 0 Å². The average molecular weight is 356 g/mol. The molecule has 1 saturated heterocycles. The zero-order valence-corrected chi connectivity index (χ0v) is 15.9. The molecule has 2 heterocycles. The van der Waals surface area contributed by atoms with Crippen LogP contribution in [0, 0.1) is 0 Å². The Morgan fingerprint density at radius 2 is 2.04 bits per heavy atom. The van der Waals surface area contributed by atoms with E-state index in [4.69, 9.17) is 0 Å². The molecule has 6 heteroatoms. The van der Waals surface area contributed by atoms with Gasteiger partial charge in [-0.25, -0.2) is 0 Å². The van der Waals surface area contributed by atoms with Crippen LogP contribution in [0.25, 0.3) is 0 Å². The quantitative estimate of drug-likeness (QED) is 0.845. The van der Waals surface area contributed by atoms with Crippen molar-refractivity contribution in [1.82, 2.24) is 15.5 Å². The van der Waals surface area contributed by atoms with Crippen molar-refractivity contribution in [3.05, 3.63) is 41.6 Å². The Hall–Kier alpha value is -2.34. The predicted octanol–water partition coefficient (Wildman–Crippen LogP) is 1.87. The number of fused-ring (bicyclic) bond motifs is 1. The van der Waals surface area contributed by atoms with Gasteiger partial charge in [-0.1, -0.05) is 13.5 Å². The van der Waals surface area contributed by atoms with Crippen molar-refractivity contribution in [3.63, 3.8) is 0 Å². The monoisotopic (exact) mass is 356 g/mol. The standard InChI is InChI=1S/C20H28N4O2/c1-5-20(4,19(26)22-14(2)3)24-13-15-12-16(6-7-17(15)18(24)25)23-10-8-21-9-11-23/h6-7,12,21H,2,5,8-11,13H2,1,3-4H3,(H,22,26). The van der Waals surface area contributed by atoms with Crippen LogP contribution in [0.4, 0.5) is 5.69 Å². The van der Waals surface area contributed by atoms with Crippen LogP contribution < -0.4 is 15.5 Å². The number of hydrogen-bond donors (Lipinski definition) is 2. The van der Waals surface area contributed by atoms with E-state index < -0.39 is 5.54 Å². The molecule has 0 bridgehead atoms. The summed E-state index contributed by atoms with van der Waals surface area (Å²) in [5.74, 6) is -0.260. The van der Waals surface area contributed by atoms with Crippen LogP contribution in [0.15, 0.2) is 30.5 Å². The van der Waals surface area contributed by atoms with Gasteiger partial charge in [-0.3, -0.25) is 9.59 Å². The Morgan fingerprint density at radius 1 is 1.35 bits per heavy atom. The zero-order chi connectivity index (χ0) is 18.9. The molecule has 0 aliphatic carbocycles. The highest BCUT2D eigenvalue weighted by molar-refractivity contribution is 6.03. The third-order valence-corrected chi connectivity index (χ3v) is 5.48. The third-order valence-electron chi connectivity index (χ3n) is 5.48. The summed E-state index contributed by atoms with van der Waals surface area (Å²) in [4.78, 5) is 29.7. The van der Waals surface area contributed by atoms with Gasteiger partial charge < -0.3 is 20.4 Å². The Morgan fingerprint density at radius 3 is 2.65 bits per heavy atom. The molecule has 2 aliphatic heterocycles. The molecule has 0 spiro atoms. The van der Waals surface area contributed by atoms with E-state index in [1.54, 1.807) is 11.8 Å². The smallest absolute Gasteiger partial charge is 0.255 e. The summed E-state index contributed by atoms with van der Waals surface area (Å²) in [5, 5.41) is 6.13. The Bertz CT molecular complexity index is 739. The number of carbonyl (C=O) groups excluding carboxylic acids is 2. The first-order chi connectivity index (χ1) is 12.4. The van der Waals surface area contributed by atoms with Gasteiger partial charge in [-0.05, 0) is 44.0 Å². The highest BCUT2D eigenvalue weighted by atomic mass is 16.2. The number of allylic oxidation sites excluding steroid dienone is 1. The minimum absolute atomic E-state index is 0.0759. The largest absolute Gasteiger partial charge is 0.369 e. The summed E-state index contributed by atoms with van der Waals surface area (Å²) in [6.07, 6.45) is 0.538. The van der Waals surface area contributed by atoms with E-state index in [-0.39, 0.29) is 11.8 Å². The molecule has 0 saturated carbocycles. The summed E-state index contributed by atoms with van der Waals surface area (Å²) >= 11 is 0. The van der Waals surface area contributed by atoms with Gasteiger partial charge in [-0.15, -0.1) is 0 Å². The number of benzene rings is 1. The summed E-state index contributed by atoms with van der Waals surface area (Å²) in [5.41, 5.74) is 2.52. The second-order valence-electron chi connectivity index (χ2n) is 7.33. The second-order valence-corrected chi connectivity index (χ2v) is 7.33. The fourth-order valence-corrected chi connectivity index (χ4v) is 3.63. The van der Waals surface area contributed by atoms with E-state index in [1.807, 2.05) is 26.0 Å². The van der Waals surface area contributed by atoms with Crippen LogP contribution in [-0.2, 0) is 11.3 Å². The van der Waals surface area contributed by atoms with E-state index in [1.165, 1.54) is 0 Å². The topological polar surface area (TPSA) is 64.7 Å². The van der Waals surface area contributed by atoms with Crippen LogP contribution in [0.1, 0.15) is 43.1 Å². The van der Waals surface area contributed by atoms with E-state index in [0.717, 1.165) is 37.4 Å². The van der Waals surface area contributed by atoms with Gasteiger partial charge in [0.05, 0.1) is 0 Å². The molecular weight excluding hydrogens is 328 g/mol. The first kappa shape index (κ1) is 18.5. The number of piperazine rings is 1. The molecule has 1 fully saturated rings. The number of hydrogen-bond acceptors (Lipinski definition) is 4. The normalized spacial score (nSPS) is 19.1. The highest BCUT2D eigenvalue weighted by Crippen LogP contribution is 2.34. The maximum absolute atomic E-state index is 13.0. The average Bonchev–Trinajstić information content (AvgIpc) is 2.98. The molecule has 1 aromatic carbocycles. The van der Waals surface area contributed by atoms with E-state index >= 15 is 0 Å². The molecule has 1 unspecified atom stereocenters. The molecule has 0 radical (unpaired) electrons. The first-order valence-corrected chi connectivity index (χ1v) is 9.24. The first-order valence-electron chi connectivity index (χ1n) is 9.24. The molecule has 26 heavy (non-hydrogen) atoms. The number of amides is 2. The van der Waals surface area contributed by atoms with Crippen molar-refractivity contribution in [1.29, 1.82) is 0 Å². The van der Waals surface area contributed by atoms with E-state index in [9.17, 15) is 9.59 Å². The highest BCUT2D eigenvalue weighted by Gasteiger charge is 2.44. The van der Waals surface area contributed by atoms with Crippen molar-refractivity contribution in [2.75, 3.05) is 31.1 Å². The van der Waals surface area contributed by atoms with Crippen molar-refractivity contribution in [2.45, 2.75) is 39.3 Å². The molecular formula is C20H28N4O2.